The second kappa shape index (κ2) is 5.36. The normalized spacial score (nSPS) is 17.7. The highest BCUT2D eigenvalue weighted by Gasteiger charge is 2.36. The molecule has 1 aliphatic rings. The predicted molar refractivity (Wildman–Crippen MR) is 72.2 cm³/mol. The van der Waals surface area contributed by atoms with Crippen molar-refractivity contribution in [2.75, 3.05) is 33.7 Å². The van der Waals surface area contributed by atoms with Crippen LogP contribution in [0.25, 0.3) is 0 Å². The van der Waals surface area contributed by atoms with Crippen LogP contribution in [0.5, 0.6) is 0 Å². The Kier molecular flexibility index (Phi) is 4.15. The van der Waals surface area contributed by atoms with Gasteiger partial charge in [-0.1, -0.05) is 11.6 Å². The Hall–Kier alpha value is -0.690. The zero-order valence-corrected chi connectivity index (χ0v) is 12.4. The molecule has 0 N–H and O–H groups in total. The first-order chi connectivity index (χ1) is 8.79. The molecule has 2 rings (SSSR count). The molecule has 0 saturated carbocycles. The number of hydrogen-bond acceptors (Lipinski definition) is 3. The average molecular weight is 307 g/mol. The lowest BCUT2D eigenvalue weighted by Gasteiger charge is -2.39. The third kappa shape index (κ3) is 3.25. The molecule has 0 atom stereocenters. The van der Waals surface area contributed by atoms with Crippen molar-refractivity contribution < 1.29 is 12.8 Å². The van der Waals surface area contributed by atoms with Gasteiger partial charge in [0.25, 0.3) is 0 Å². The standard InChI is InChI=1S/C12H16ClFN2O2S/c1-15(2)6-9-7-16(8-9)19(17,18)12-4-10(13)3-11(14)5-12/h3-5,9H,6-8H2,1-2H3. The van der Waals surface area contributed by atoms with E-state index in [9.17, 15) is 12.8 Å². The smallest absolute Gasteiger partial charge is 0.243 e. The lowest BCUT2D eigenvalue weighted by molar-refractivity contribution is 0.160. The lowest BCUT2D eigenvalue weighted by Crippen LogP contribution is -2.52. The van der Waals surface area contributed by atoms with Gasteiger partial charge in [-0.25, -0.2) is 12.8 Å². The Morgan fingerprint density at radius 3 is 2.53 bits per heavy atom. The van der Waals surface area contributed by atoms with E-state index in [1.165, 1.54) is 10.4 Å². The number of benzene rings is 1. The summed E-state index contributed by atoms with van der Waals surface area (Å²) in [7, 11) is 0.270. The van der Waals surface area contributed by atoms with E-state index in [1.807, 2.05) is 19.0 Å². The molecular weight excluding hydrogens is 291 g/mol. The van der Waals surface area contributed by atoms with Gasteiger partial charge >= 0.3 is 0 Å². The molecular formula is C12H16ClFN2O2S. The SMILES string of the molecule is CN(C)CC1CN(S(=O)(=O)c2cc(F)cc(Cl)c2)C1. The van der Waals surface area contributed by atoms with Crippen molar-refractivity contribution in [1.29, 1.82) is 0 Å². The molecule has 1 fully saturated rings. The van der Waals surface area contributed by atoms with Crippen LogP contribution in [0.1, 0.15) is 0 Å². The zero-order chi connectivity index (χ0) is 14.2. The van der Waals surface area contributed by atoms with Gasteiger partial charge in [-0.3, -0.25) is 0 Å². The molecule has 7 heteroatoms. The minimum absolute atomic E-state index is 0.0826. The fourth-order valence-corrected chi connectivity index (χ4v) is 4.11. The second-order valence-corrected chi connectivity index (χ2v) is 7.43. The molecule has 0 spiro atoms. The van der Waals surface area contributed by atoms with Crippen molar-refractivity contribution >= 4 is 21.6 Å². The molecule has 1 aromatic rings. The largest absolute Gasteiger partial charge is 0.309 e. The van der Waals surface area contributed by atoms with Gasteiger partial charge in [-0.05, 0) is 38.2 Å². The topological polar surface area (TPSA) is 40.6 Å². The summed E-state index contributed by atoms with van der Waals surface area (Å²) in [6, 6.07) is 3.37. The summed E-state index contributed by atoms with van der Waals surface area (Å²) >= 11 is 5.69. The quantitative estimate of drug-likeness (QED) is 0.849. The molecule has 0 amide bonds. The molecule has 19 heavy (non-hydrogen) atoms. The molecule has 106 valence electrons. The Bertz CT molecular complexity index is 551. The van der Waals surface area contributed by atoms with Crippen molar-refractivity contribution in [1.82, 2.24) is 9.21 Å². The van der Waals surface area contributed by atoms with Gasteiger partial charge < -0.3 is 4.90 Å². The van der Waals surface area contributed by atoms with Crippen molar-refractivity contribution in [3.8, 4) is 0 Å². The number of sulfonamides is 1. The monoisotopic (exact) mass is 306 g/mol. The molecule has 1 aliphatic heterocycles. The van der Waals surface area contributed by atoms with Crippen molar-refractivity contribution in [2.45, 2.75) is 4.90 Å². The molecule has 0 aromatic heterocycles. The van der Waals surface area contributed by atoms with E-state index in [-0.39, 0.29) is 9.92 Å². The van der Waals surface area contributed by atoms with Gasteiger partial charge in [-0.15, -0.1) is 0 Å². The maximum Gasteiger partial charge on any atom is 0.243 e. The predicted octanol–water partition coefficient (Wildman–Crippen LogP) is 1.66. The van der Waals surface area contributed by atoms with E-state index in [0.29, 0.717) is 19.0 Å². The number of nitrogens with zero attached hydrogens (tertiary/aromatic N) is 2. The van der Waals surface area contributed by atoms with Crippen molar-refractivity contribution in [3.63, 3.8) is 0 Å². The minimum atomic E-state index is -3.63. The maximum atomic E-state index is 13.2. The Labute approximate surface area is 117 Å². The van der Waals surface area contributed by atoms with E-state index in [1.54, 1.807) is 0 Å². The zero-order valence-electron chi connectivity index (χ0n) is 10.8. The van der Waals surface area contributed by atoms with E-state index >= 15 is 0 Å². The maximum absolute atomic E-state index is 13.2. The van der Waals surface area contributed by atoms with Crippen LogP contribution in [0.4, 0.5) is 4.39 Å². The summed E-state index contributed by atoms with van der Waals surface area (Å²) in [5, 5.41) is 0.0870. The van der Waals surface area contributed by atoms with Gasteiger partial charge in [0.1, 0.15) is 5.82 Å². The molecule has 4 nitrogen and oxygen atoms in total. The van der Waals surface area contributed by atoms with Crippen LogP contribution in [-0.2, 0) is 10.0 Å². The lowest BCUT2D eigenvalue weighted by atomic mass is 10.0. The first kappa shape index (κ1) is 14.7. The second-order valence-electron chi connectivity index (χ2n) is 5.06. The van der Waals surface area contributed by atoms with Gasteiger partial charge in [0.05, 0.1) is 4.90 Å². The first-order valence-electron chi connectivity index (χ1n) is 5.90. The summed E-state index contributed by atoms with van der Waals surface area (Å²) in [5.41, 5.74) is 0. The fraction of sp³-hybridized carbons (Fsp3) is 0.500. The number of halogens is 2. The molecule has 1 saturated heterocycles. The van der Waals surface area contributed by atoms with Gasteiger partial charge in [-0.2, -0.15) is 4.31 Å². The summed E-state index contributed by atoms with van der Waals surface area (Å²) in [5.74, 6) is -0.315. The Morgan fingerprint density at radius 2 is 2.00 bits per heavy atom. The van der Waals surface area contributed by atoms with Crippen LogP contribution in [0.2, 0.25) is 5.02 Å². The summed E-state index contributed by atoms with van der Waals surface area (Å²) < 4.78 is 39.0. The minimum Gasteiger partial charge on any atom is -0.309 e. The third-order valence-electron chi connectivity index (χ3n) is 3.02. The molecule has 0 radical (unpaired) electrons. The molecule has 0 bridgehead atoms. The molecule has 0 aliphatic carbocycles. The van der Waals surface area contributed by atoms with Gasteiger partial charge in [0.15, 0.2) is 0 Å². The van der Waals surface area contributed by atoms with E-state index in [2.05, 4.69) is 0 Å². The highest BCUT2D eigenvalue weighted by Crippen LogP contribution is 2.27. The number of rotatable bonds is 4. The fourth-order valence-electron chi connectivity index (χ4n) is 2.18. The summed E-state index contributed by atoms with van der Waals surface area (Å²) in [6.45, 7) is 1.78. The van der Waals surface area contributed by atoms with Crippen LogP contribution >= 0.6 is 11.6 Å². The van der Waals surface area contributed by atoms with Crippen LogP contribution < -0.4 is 0 Å². The highest BCUT2D eigenvalue weighted by atomic mass is 35.5. The van der Waals surface area contributed by atoms with Crippen molar-refractivity contribution in [2.24, 2.45) is 5.92 Å². The van der Waals surface area contributed by atoms with E-state index in [4.69, 9.17) is 11.6 Å². The van der Waals surface area contributed by atoms with Gasteiger partial charge in [0, 0.05) is 24.7 Å². The van der Waals surface area contributed by atoms with E-state index in [0.717, 1.165) is 18.7 Å². The van der Waals surface area contributed by atoms with Crippen molar-refractivity contribution in [3.05, 3.63) is 29.0 Å². The van der Waals surface area contributed by atoms with Gasteiger partial charge in [0.2, 0.25) is 10.0 Å². The van der Waals surface area contributed by atoms with Crippen LogP contribution in [-0.4, -0.2) is 51.4 Å². The molecule has 0 unspecified atom stereocenters. The molecule has 1 heterocycles. The average Bonchev–Trinajstić information content (AvgIpc) is 2.20. The third-order valence-corrected chi connectivity index (χ3v) is 5.05. The van der Waals surface area contributed by atoms with E-state index < -0.39 is 15.8 Å². The first-order valence-corrected chi connectivity index (χ1v) is 7.72. The van der Waals surface area contributed by atoms with Crippen LogP contribution in [0, 0.1) is 11.7 Å². The summed E-state index contributed by atoms with van der Waals surface area (Å²) in [4.78, 5) is 1.94. The van der Waals surface area contributed by atoms with Crippen LogP contribution in [0.15, 0.2) is 23.1 Å². The highest BCUT2D eigenvalue weighted by molar-refractivity contribution is 7.89. The van der Waals surface area contributed by atoms with Crippen LogP contribution in [0.3, 0.4) is 0 Å². The Balaban J connectivity index is 2.12. The molecule has 1 aromatic carbocycles. The Morgan fingerprint density at radius 1 is 1.37 bits per heavy atom. The number of hydrogen-bond donors (Lipinski definition) is 0. The summed E-state index contributed by atoms with van der Waals surface area (Å²) in [6.07, 6.45) is 0.